The van der Waals surface area contributed by atoms with E-state index < -0.39 is 19.3 Å². The number of fused-ring (bicyclic) bond motifs is 3. The fourth-order valence-corrected chi connectivity index (χ4v) is 15.8. The van der Waals surface area contributed by atoms with E-state index in [0.717, 1.165) is 42.3 Å². The molecule has 0 radical (unpaired) electrons. The third-order valence-electron chi connectivity index (χ3n) is 13.2. The van der Waals surface area contributed by atoms with Crippen molar-refractivity contribution in [3.63, 3.8) is 0 Å². The number of anilines is 1. The van der Waals surface area contributed by atoms with Crippen LogP contribution in [0.25, 0.3) is 0 Å². The van der Waals surface area contributed by atoms with Gasteiger partial charge in [-0.1, -0.05) is 111 Å². The Balaban J connectivity index is 1.28. The molecule has 282 valence electrons. The van der Waals surface area contributed by atoms with Crippen LogP contribution in [0.4, 0.5) is 5.69 Å². The Kier molecular flexibility index (Phi) is 10.4. The molecule has 1 saturated heterocycles. The van der Waals surface area contributed by atoms with E-state index in [4.69, 9.17) is 18.6 Å². The first-order chi connectivity index (χ1) is 25.2. The first-order valence-electron chi connectivity index (χ1n) is 19.2. The van der Waals surface area contributed by atoms with Crippen LogP contribution >= 0.6 is 15.9 Å². The van der Waals surface area contributed by atoms with Crippen molar-refractivity contribution >= 4 is 52.2 Å². The second kappa shape index (κ2) is 14.4. The standard InChI is InChI=1S/C44H54BrNO6Si/c1-30(47)51-39-22-24-42(5)37(43(39,6)29-50-53(41(2,3)4,33-13-9-7-10-14-33)34-15-11-8-12-16-34)21-25-44(28-46-32-19-17-31(45)18-20-32)38(42)27-36(52-44)35-23-26-49-40(35)48/h7-20,23,36-39,46H,21-22,24-29H2,1-6H3/t36-,37-,38-,39+,42+,43-,44+/m0/s1. The number of benzene rings is 3. The van der Waals surface area contributed by atoms with E-state index >= 15 is 0 Å². The van der Waals surface area contributed by atoms with Crippen LogP contribution in [0.15, 0.2) is 101 Å². The van der Waals surface area contributed by atoms with Gasteiger partial charge in [0.2, 0.25) is 0 Å². The maximum Gasteiger partial charge on any atom is 0.336 e. The monoisotopic (exact) mass is 799 g/mol. The molecule has 0 unspecified atom stereocenters. The van der Waals surface area contributed by atoms with Crippen molar-refractivity contribution in [1.29, 1.82) is 0 Å². The molecule has 53 heavy (non-hydrogen) atoms. The van der Waals surface area contributed by atoms with Gasteiger partial charge in [-0.25, -0.2) is 4.79 Å². The Morgan fingerprint density at radius 3 is 2.13 bits per heavy atom. The molecule has 2 aliphatic carbocycles. The smallest absolute Gasteiger partial charge is 0.336 e. The summed E-state index contributed by atoms with van der Waals surface area (Å²) in [6.07, 6.45) is 5.31. The summed E-state index contributed by atoms with van der Waals surface area (Å²) in [7, 11) is -2.90. The summed E-state index contributed by atoms with van der Waals surface area (Å²) < 4.78 is 27.6. The fraction of sp³-hybridized carbons (Fsp3) is 0.500. The van der Waals surface area contributed by atoms with E-state index in [0.29, 0.717) is 25.3 Å². The third-order valence-corrected chi connectivity index (χ3v) is 18.8. The van der Waals surface area contributed by atoms with Crippen molar-refractivity contribution in [2.75, 3.05) is 25.1 Å². The second-order valence-electron chi connectivity index (χ2n) is 17.3. The fourth-order valence-electron chi connectivity index (χ4n) is 10.8. The number of carbonyl (C=O) groups excluding carboxylic acids is 2. The Labute approximate surface area is 324 Å². The molecule has 2 saturated carbocycles. The van der Waals surface area contributed by atoms with Gasteiger partial charge in [0.15, 0.2) is 0 Å². The Bertz CT molecular complexity index is 1790. The summed E-state index contributed by atoms with van der Waals surface area (Å²) in [5.74, 6) is -0.214. The van der Waals surface area contributed by atoms with Gasteiger partial charge in [0.05, 0.1) is 17.3 Å². The summed E-state index contributed by atoms with van der Waals surface area (Å²) in [6.45, 7) is 14.6. The number of nitrogens with one attached hydrogen (secondary N) is 1. The van der Waals surface area contributed by atoms with Gasteiger partial charge in [0, 0.05) is 35.7 Å². The third kappa shape index (κ3) is 6.74. The molecule has 3 aromatic rings. The molecule has 7 nitrogen and oxygen atoms in total. The number of cyclic esters (lactones) is 1. The van der Waals surface area contributed by atoms with E-state index in [9.17, 15) is 9.59 Å². The quantitative estimate of drug-likeness (QED) is 0.164. The number of hydrogen-bond acceptors (Lipinski definition) is 7. The van der Waals surface area contributed by atoms with Gasteiger partial charge >= 0.3 is 11.9 Å². The van der Waals surface area contributed by atoms with Crippen LogP contribution in [-0.4, -0.2) is 57.8 Å². The zero-order valence-corrected chi connectivity index (χ0v) is 34.5. The van der Waals surface area contributed by atoms with Crippen molar-refractivity contribution in [3.05, 3.63) is 101 Å². The number of halogens is 1. The average Bonchev–Trinajstić information content (AvgIpc) is 3.74. The molecule has 0 aromatic heterocycles. The molecule has 0 bridgehead atoms. The van der Waals surface area contributed by atoms with Gasteiger partial charge in [0.25, 0.3) is 8.32 Å². The van der Waals surface area contributed by atoms with Crippen LogP contribution in [0.5, 0.6) is 0 Å². The van der Waals surface area contributed by atoms with Crippen LogP contribution in [0.2, 0.25) is 5.04 Å². The first kappa shape index (κ1) is 38.0. The molecule has 3 fully saturated rings. The van der Waals surface area contributed by atoms with Crippen LogP contribution in [0, 0.1) is 22.7 Å². The first-order valence-corrected chi connectivity index (χ1v) is 21.9. The number of ether oxygens (including phenoxy) is 3. The summed E-state index contributed by atoms with van der Waals surface area (Å²) in [6, 6.07) is 29.8. The average molecular weight is 801 g/mol. The molecule has 4 aliphatic rings. The zero-order chi connectivity index (χ0) is 37.6. The number of carbonyl (C=O) groups is 2. The molecule has 0 spiro atoms. The highest BCUT2D eigenvalue weighted by Gasteiger charge is 2.68. The summed E-state index contributed by atoms with van der Waals surface area (Å²) in [4.78, 5) is 25.7. The molecule has 7 rings (SSSR count). The zero-order valence-electron chi connectivity index (χ0n) is 32.0. The lowest BCUT2D eigenvalue weighted by Crippen LogP contribution is -2.69. The van der Waals surface area contributed by atoms with Gasteiger partial charge in [0.1, 0.15) is 12.7 Å². The predicted octanol–water partition coefficient (Wildman–Crippen LogP) is 8.21. The SMILES string of the molecule is CC(=O)O[C@@H]1CC[C@]2(C)[C@H](CC[C@]3(CNc4ccc(Br)cc4)O[C@H](C4=CCOC4=O)C[C@H]32)[C@]1(C)CO[Si](c1ccccc1)(c1ccccc1)C(C)(C)C. The van der Waals surface area contributed by atoms with Gasteiger partial charge in [-0.05, 0) is 95.1 Å². The Morgan fingerprint density at radius 2 is 1.57 bits per heavy atom. The number of hydrogen-bond donors (Lipinski definition) is 1. The highest BCUT2D eigenvalue weighted by Crippen LogP contribution is 2.67. The van der Waals surface area contributed by atoms with Crippen molar-refractivity contribution < 1.29 is 28.2 Å². The maximum absolute atomic E-state index is 12.9. The minimum absolute atomic E-state index is 0.140. The molecule has 2 heterocycles. The molecular formula is C44H54BrNO6Si. The van der Waals surface area contributed by atoms with Crippen molar-refractivity contribution in [1.82, 2.24) is 0 Å². The lowest BCUT2D eigenvalue weighted by Gasteiger charge is -2.63. The van der Waals surface area contributed by atoms with E-state index in [2.05, 4.69) is 129 Å². The summed E-state index contributed by atoms with van der Waals surface area (Å²) in [5.41, 5.74) is 0.509. The summed E-state index contributed by atoms with van der Waals surface area (Å²) >= 11 is 3.56. The minimum Gasteiger partial charge on any atom is -0.462 e. The van der Waals surface area contributed by atoms with Crippen molar-refractivity contribution in [2.45, 2.75) is 96.5 Å². The van der Waals surface area contributed by atoms with E-state index in [1.165, 1.54) is 17.3 Å². The highest BCUT2D eigenvalue weighted by atomic mass is 79.9. The lowest BCUT2D eigenvalue weighted by molar-refractivity contribution is -0.209. The molecule has 2 aliphatic heterocycles. The van der Waals surface area contributed by atoms with Crippen LogP contribution in [-0.2, 0) is 28.2 Å². The van der Waals surface area contributed by atoms with Crippen LogP contribution in [0.3, 0.4) is 0 Å². The summed E-state index contributed by atoms with van der Waals surface area (Å²) in [5, 5.41) is 5.99. The molecule has 1 N–H and O–H groups in total. The van der Waals surface area contributed by atoms with Gasteiger partial charge in [-0.15, -0.1) is 0 Å². The van der Waals surface area contributed by atoms with Gasteiger partial charge in [-0.3, -0.25) is 4.79 Å². The predicted molar refractivity (Wildman–Crippen MR) is 215 cm³/mol. The maximum atomic E-state index is 12.9. The van der Waals surface area contributed by atoms with Crippen molar-refractivity contribution in [3.8, 4) is 0 Å². The number of rotatable bonds is 10. The van der Waals surface area contributed by atoms with Crippen molar-refractivity contribution in [2.24, 2.45) is 22.7 Å². The van der Waals surface area contributed by atoms with Crippen LogP contribution in [0.1, 0.15) is 73.6 Å². The minimum atomic E-state index is -2.90. The van der Waals surface area contributed by atoms with E-state index in [1.807, 2.05) is 18.2 Å². The normalized spacial score (nSPS) is 31.2. The molecule has 0 amide bonds. The Morgan fingerprint density at radius 1 is 0.925 bits per heavy atom. The van der Waals surface area contributed by atoms with Crippen LogP contribution < -0.4 is 15.7 Å². The lowest BCUT2D eigenvalue weighted by atomic mass is 9.44. The topological polar surface area (TPSA) is 83.1 Å². The second-order valence-corrected chi connectivity index (χ2v) is 22.5. The highest BCUT2D eigenvalue weighted by molar-refractivity contribution is 9.10. The largest absolute Gasteiger partial charge is 0.462 e. The molecule has 9 heteroatoms. The van der Waals surface area contributed by atoms with Gasteiger partial charge in [-0.2, -0.15) is 0 Å². The molecule has 7 atom stereocenters. The number of esters is 2. The molecular weight excluding hydrogens is 746 g/mol. The van der Waals surface area contributed by atoms with E-state index in [-0.39, 0.29) is 46.4 Å². The van der Waals surface area contributed by atoms with Gasteiger partial charge < -0.3 is 24.0 Å². The molecule has 3 aromatic carbocycles. The Hall–Kier alpha value is -3.24. The van der Waals surface area contributed by atoms with E-state index in [1.54, 1.807) is 0 Å².